The van der Waals surface area contributed by atoms with Gasteiger partial charge in [-0.15, -0.1) is 0 Å². The second kappa shape index (κ2) is 8.02. The van der Waals surface area contributed by atoms with Crippen LogP contribution in [0.2, 0.25) is 0 Å². The number of halogens is 2. The van der Waals surface area contributed by atoms with E-state index in [-0.39, 0.29) is 18.0 Å². The highest BCUT2D eigenvalue weighted by Crippen LogP contribution is 2.30. The molecule has 3 rings (SSSR count). The predicted octanol–water partition coefficient (Wildman–Crippen LogP) is 3.84. The van der Waals surface area contributed by atoms with E-state index in [0.29, 0.717) is 22.8 Å². The molecular formula is C22H26F2N4O2. The molecule has 160 valence electrons. The average Bonchev–Trinajstić information content (AvgIpc) is 2.95. The Morgan fingerprint density at radius 1 is 1.30 bits per heavy atom. The highest BCUT2D eigenvalue weighted by atomic mass is 19.1. The lowest BCUT2D eigenvalue weighted by Gasteiger charge is -2.19. The van der Waals surface area contributed by atoms with Gasteiger partial charge in [0, 0.05) is 18.3 Å². The van der Waals surface area contributed by atoms with Gasteiger partial charge in [0.05, 0.1) is 11.3 Å². The fourth-order valence-corrected chi connectivity index (χ4v) is 3.26. The van der Waals surface area contributed by atoms with E-state index in [1.54, 1.807) is 30.5 Å². The molecule has 30 heavy (non-hydrogen) atoms. The van der Waals surface area contributed by atoms with Crippen LogP contribution in [-0.4, -0.2) is 27.4 Å². The zero-order valence-corrected chi connectivity index (χ0v) is 17.7. The molecule has 0 aliphatic heterocycles. The molecule has 0 aliphatic carbocycles. The molecule has 2 heterocycles. The monoisotopic (exact) mass is 416 g/mol. The van der Waals surface area contributed by atoms with E-state index < -0.39 is 23.3 Å². The summed E-state index contributed by atoms with van der Waals surface area (Å²) in [5.41, 5.74) is 7.27. The van der Waals surface area contributed by atoms with E-state index in [1.807, 2.05) is 20.8 Å². The van der Waals surface area contributed by atoms with Crippen molar-refractivity contribution in [3.63, 3.8) is 0 Å². The predicted molar refractivity (Wildman–Crippen MR) is 111 cm³/mol. The van der Waals surface area contributed by atoms with Crippen LogP contribution >= 0.6 is 0 Å². The van der Waals surface area contributed by atoms with Crippen molar-refractivity contribution in [2.45, 2.75) is 46.3 Å². The Morgan fingerprint density at radius 2 is 1.93 bits per heavy atom. The third-order valence-electron chi connectivity index (χ3n) is 4.63. The normalized spacial score (nSPS) is 12.8. The van der Waals surface area contributed by atoms with Gasteiger partial charge in [-0.3, -0.25) is 9.20 Å². The minimum absolute atomic E-state index is 0.163. The van der Waals surface area contributed by atoms with Crippen LogP contribution in [0.1, 0.15) is 54.2 Å². The fraction of sp³-hybridized carbons (Fsp3) is 0.364. The molecular weight excluding hydrogens is 390 g/mol. The Balaban J connectivity index is 2.00. The summed E-state index contributed by atoms with van der Waals surface area (Å²) >= 11 is 0. The number of imidazole rings is 1. The topological polar surface area (TPSA) is 81.6 Å². The summed E-state index contributed by atoms with van der Waals surface area (Å²) < 4.78 is 35.8. The van der Waals surface area contributed by atoms with Crippen molar-refractivity contribution in [1.29, 1.82) is 0 Å². The second-order valence-corrected chi connectivity index (χ2v) is 8.19. The standard InChI is InChI=1S/C22H26F2N4O2/c1-12-9-17(30-14(3)18-15(23)7-6-8-16(18)24)20-27-13(2)19(28(20)10-12)21(29)26-11-22(4,5)25/h6-10,14H,11,25H2,1-5H3,(H,26,29). The van der Waals surface area contributed by atoms with E-state index in [1.165, 1.54) is 18.2 Å². The number of hydrogen-bond acceptors (Lipinski definition) is 4. The molecule has 1 aromatic carbocycles. The number of aryl methyl sites for hydroxylation is 2. The third-order valence-corrected chi connectivity index (χ3v) is 4.63. The smallest absolute Gasteiger partial charge is 0.270 e. The number of pyridine rings is 1. The Kier molecular flexibility index (Phi) is 5.81. The molecule has 3 aromatic rings. The van der Waals surface area contributed by atoms with E-state index in [4.69, 9.17) is 10.5 Å². The molecule has 0 saturated heterocycles. The summed E-state index contributed by atoms with van der Waals surface area (Å²) in [7, 11) is 0. The van der Waals surface area contributed by atoms with Gasteiger partial charge in [-0.05, 0) is 58.4 Å². The number of ether oxygens (including phenoxy) is 1. The van der Waals surface area contributed by atoms with Crippen LogP contribution in [0.3, 0.4) is 0 Å². The van der Waals surface area contributed by atoms with E-state index in [9.17, 15) is 13.6 Å². The van der Waals surface area contributed by atoms with Crippen molar-refractivity contribution in [1.82, 2.24) is 14.7 Å². The van der Waals surface area contributed by atoms with Gasteiger partial charge in [0.25, 0.3) is 5.91 Å². The van der Waals surface area contributed by atoms with Crippen molar-refractivity contribution in [3.05, 3.63) is 64.6 Å². The molecule has 0 spiro atoms. The number of nitrogens with one attached hydrogen (secondary N) is 1. The van der Waals surface area contributed by atoms with Gasteiger partial charge in [-0.1, -0.05) is 6.07 Å². The number of fused-ring (bicyclic) bond motifs is 1. The number of amides is 1. The van der Waals surface area contributed by atoms with Gasteiger partial charge >= 0.3 is 0 Å². The van der Waals surface area contributed by atoms with Gasteiger partial charge in [0.15, 0.2) is 11.4 Å². The molecule has 1 atom stereocenters. The summed E-state index contributed by atoms with van der Waals surface area (Å²) in [6.45, 7) is 9.03. The largest absolute Gasteiger partial charge is 0.482 e. The highest BCUT2D eigenvalue weighted by molar-refractivity contribution is 5.95. The van der Waals surface area contributed by atoms with Gasteiger partial charge in [-0.2, -0.15) is 0 Å². The molecule has 0 fully saturated rings. The number of rotatable bonds is 6. The van der Waals surface area contributed by atoms with Crippen LogP contribution in [0.15, 0.2) is 30.5 Å². The Morgan fingerprint density at radius 3 is 2.53 bits per heavy atom. The van der Waals surface area contributed by atoms with Gasteiger partial charge in [-0.25, -0.2) is 13.8 Å². The molecule has 0 saturated carbocycles. The number of benzene rings is 1. The Hall–Kier alpha value is -3.00. The van der Waals surface area contributed by atoms with Crippen LogP contribution in [0, 0.1) is 25.5 Å². The Labute approximate surface area is 174 Å². The molecule has 8 heteroatoms. The van der Waals surface area contributed by atoms with Crippen LogP contribution in [0.4, 0.5) is 8.78 Å². The molecule has 6 nitrogen and oxygen atoms in total. The first-order valence-corrected chi connectivity index (χ1v) is 9.65. The van der Waals surface area contributed by atoms with Gasteiger partial charge in [0.1, 0.15) is 23.4 Å². The van der Waals surface area contributed by atoms with E-state index in [2.05, 4.69) is 10.3 Å². The SMILES string of the molecule is Cc1cc(OC(C)c2c(F)cccc2F)c2nc(C)c(C(=O)NCC(C)(C)N)n2c1. The van der Waals surface area contributed by atoms with Crippen molar-refractivity contribution in [2.75, 3.05) is 6.54 Å². The lowest BCUT2D eigenvalue weighted by Crippen LogP contribution is -2.45. The van der Waals surface area contributed by atoms with Gasteiger partial charge < -0.3 is 15.8 Å². The first-order chi connectivity index (χ1) is 14.0. The number of aromatic nitrogens is 2. The molecule has 0 bridgehead atoms. The molecule has 0 aliphatic rings. The van der Waals surface area contributed by atoms with Crippen molar-refractivity contribution in [3.8, 4) is 5.75 Å². The maximum absolute atomic E-state index is 14.1. The third kappa shape index (κ3) is 4.43. The average molecular weight is 416 g/mol. The molecule has 2 aromatic heterocycles. The maximum atomic E-state index is 14.1. The van der Waals surface area contributed by atoms with Crippen molar-refractivity contribution in [2.24, 2.45) is 5.73 Å². The quantitative estimate of drug-likeness (QED) is 0.640. The van der Waals surface area contributed by atoms with Gasteiger partial charge in [0.2, 0.25) is 0 Å². The first-order valence-electron chi connectivity index (χ1n) is 9.65. The molecule has 3 N–H and O–H groups in total. The van der Waals surface area contributed by atoms with Crippen molar-refractivity contribution < 1.29 is 18.3 Å². The zero-order valence-electron chi connectivity index (χ0n) is 17.7. The summed E-state index contributed by atoms with van der Waals surface area (Å²) in [5.74, 6) is -1.36. The second-order valence-electron chi connectivity index (χ2n) is 8.19. The number of hydrogen-bond donors (Lipinski definition) is 2. The summed E-state index contributed by atoms with van der Waals surface area (Å²) in [6.07, 6.45) is 0.864. The lowest BCUT2D eigenvalue weighted by atomic mass is 10.1. The van der Waals surface area contributed by atoms with Crippen LogP contribution < -0.4 is 15.8 Å². The van der Waals surface area contributed by atoms with Crippen molar-refractivity contribution >= 4 is 11.6 Å². The summed E-state index contributed by atoms with van der Waals surface area (Å²) in [4.78, 5) is 17.2. The summed E-state index contributed by atoms with van der Waals surface area (Å²) in [5, 5.41) is 2.81. The van der Waals surface area contributed by atoms with Crippen LogP contribution in [-0.2, 0) is 0 Å². The molecule has 1 unspecified atom stereocenters. The molecule has 0 radical (unpaired) electrons. The first kappa shape index (κ1) is 21.7. The van der Waals surface area contributed by atoms with Crippen LogP contribution in [0.5, 0.6) is 5.75 Å². The maximum Gasteiger partial charge on any atom is 0.270 e. The molecule has 1 amide bonds. The number of nitrogens with two attached hydrogens (primary N) is 1. The Bertz CT molecular complexity index is 1080. The number of nitrogens with zero attached hydrogens (tertiary/aromatic N) is 2. The number of carbonyl (C=O) groups excluding carboxylic acids is 1. The fourth-order valence-electron chi connectivity index (χ4n) is 3.26. The van der Waals surface area contributed by atoms with E-state index >= 15 is 0 Å². The minimum Gasteiger partial charge on any atom is -0.482 e. The highest BCUT2D eigenvalue weighted by Gasteiger charge is 2.23. The van der Waals surface area contributed by atoms with E-state index in [0.717, 1.165) is 5.56 Å². The zero-order chi connectivity index (χ0) is 22.2. The summed E-state index contributed by atoms with van der Waals surface area (Å²) in [6, 6.07) is 5.40. The van der Waals surface area contributed by atoms with Crippen LogP contribution in [0.25, 0.3) is 5.65 Å². The number of carbonyl (C=O) groups is 1. The minimum atomic E-state index is -0.899. The lowest BCUT2D eigenvalue weighted by molar-refractivity contribution is 0.0939.